The number of benzene rings is 3. The van der Waals surface area contributed by atoms with Crippen LogP contribution in [0.2, 0.25) is 0 Å². The lowest BCUT2D eigenvalue weighted by Crippen LogP contribution is -2.11. The van der Waals surface area contributed by atoms with Crippen LogP contribution >= 0.6 is 0 Å². The van der Waals surface area contributed by atoms with Gasteiger partial charge in [-0.1, -0.05) is 12.1 Å². The van der Waals surface area contributed by atoms with E-state index in [4.69, 9.17) is 4.74 Å². The molecule has 0 fully saturated rings. The second kappa shape index (κ2) is 7.36. The second-order valence-electron chi connectivity index (χ2n) is 6.90. The number of halogens is 1. The number of pyridine rings is 1. The van der Waals surface area contributed by atoms with Crippen LogP contribution < -0.4 is 4.74 Å². The summed E-state index contributed by atoms with van der Waals surface area (Å²) in [4.78, 5) is 17.1. The Bertz CT molecular complexity index is 1230. The van der Waals surface area contributed by atoms with E-state index in [1.54, 1.807) is 56.6 Å². The highest BCUT2D eigenvalue weighted by atomic mass is 19.1. The van der Waals surface area contributed by atoms with E-state index in [1.165, 1.54) is 18.2 Å². The zero-order valence-electron chi connectivity index (χ0n) is 15.9. The van der Waals surface area contributed by atoms with Crippen LogP contribution in [0.25, 0.3) is 21.9 Å². The highest BCUT2D eigenvalue weighted by Crippen LogP contribution is 2.34. The minimum atomic E-state index is -0.660. The SMILES string of the molecule is Cc1cc(-c2cc3cnccc3cc2C(=O)Oc2ccccc2F)cc(C)c1O. The Morgan fingerprint density at radius 3 is 2.45 bits per heavy atom. The van der Waals surface area contributed by atoms with E-state index in [0.29, 0.717) is 22.3 Å². The summed E-state index contributed by atoms with van der Waals surface area (Å²) < 4.78 is 19.3. The Kier molecular flexibility index (Phi) is 4.72. The monoisotopic (exact) mass is 387 g/mol. The van der Waals surface area contributed by atoms with Crippen LogP contribution in [-0.4, -0.2) is 16.1 Å². The minimum Gasteiger partial charge on any atom is -0.507 e. The van der Waals surface area contributed by atoms with Gasteiger partial charge < -0.3 is 9.84 Å². The van der Waals surface area contributed by atoms with Gasteiger partial charge in [0.15, 0.2) is 11.6 Å². The molecule has 0 atom stereocenters. The van der Waals surface area contributed by atoms with E-state index >= 15 is 0 Å². The molecule has 0 amide bonds. The van der Waals surface area contributed by atoms with Gasteiger partial charge in [0.1, 0.15) is 5.75 Å². The van der Waals surface area contributed by atoms with Gasteiger partial charge in [-0.3, -0.25) is 4.98 Å². The molecule has 5 heteroatoms. The molecule has 29 heavy (non-hydrogen) atoms. The maximum absolute atomic E-state index is 14.0. The zero-order chi connectivity index (χ0) is 20.5. The number of rotatable bonds is 3. The molecule has 0 saturated heterocycles. The summed E-state index contributed by atoms with van der Waals surface area (Å²) >= 11 is 0. The first kappa shape index (κ1) is 18.6. The molecule has 0 bridgehead atoms. The predicted octanol–water partition coefficient (Wildman–Crippen LogP) is 5.58. The molecule has 0 spiro atoms. The largest absolute Gasteiger partial charge is 0.507 e. The molecular formula is C24H18FNO3. The fourth-order valence-corrected chi connectivity index (χ4v) is 3.34. The maximum Gasteiger partial charge on any atom is 0.344 e. The fraction of sp³-hybridized carbons (Fsp3) is 0.0833. The Morgan fingerprint density at radius 2 is 1.72 bits per heavy atom. The first-order valence-corrected chi connectivity index (χ1v) is 9.09. The first-order chi connectivity index (χ1) is 13.9. The topological polar surface area (TPSA) is 59.4 Å². The fourth-order valence-electron chi connectivity index (χ4n) is 3.34. The van der Waals surface area contributed by atoms with Crippen molar-refractivity contribution in [2.75, 3.05) is 0 Å². The number of hydrogen-bond acceptors (Lipinski definition) is 4. The van der Waals surface area contributed by atoms with Crippen molar-refractivity contribution < 1.29 is 19.0 Å². The number of carbonyl (C=O) groups is 1. The van der Waals surface area contributed by atoms with E-state index in [0.717, 1.165) is 16.3 Å². The van der Waals surface area contributed by atoms with Gasteiger partial charge in [-0.05, 0) is 84.0 Å². The van der Waals surface area contributed by atoms with Crippen LogP contribution in [0.3, 0.4) is 0 Å². The number of aromatic hydroxyl groups is 1. The molecular weight excluding hydrogens is 369 g/mol. The van der Waals surface area contributed by atoms with Gasteiger partial charge >= 0.3 is 5.97 Å². The molecule has 144 valence electrons. The van der Waals surface area contributed by atoms with E-state index < -0.39 is 11.8 Å². The van der Waals surface area contributed by atoms with Crippen molar-refractivity contribution in [1.29, 1.82) is 0 Å². The standard InChI is InChI=1S/C24H18FNO3/c1-14-9-17(10-15(2)23(14)27)19-12-18-13-26-8-7-16(18)11-20(19)24(28)29-22-6-4-3-5-21(22)25/h3-13,27H,1-2H3. The third kappa shape index (κ3) is 3.55. The van der Waals surface area contributed by atoms with Crippen molar-refractivity contribution in [3.8, 4) is 22.6 Å². The van der Waals surface area contributed by atoms with Crippen molar-refractivity contribution in [3.63, 3.8) is 0 Å². The molecule has 4 aromatic rings. The third-order valence-corrected chi connectivity index (χ3v) is 4.84. The predicted molar refractivity (Wildman–Crippen MR) is 110 cm³/mol. The highest BCUT2D eigenvalue weighted by molar-refractivity contribution is 6.03. The van der Waals surface area contributed by atoms with Gasteiger partial charge in [0.05, 0.1) is 5.56 Å². The number of aryl methyl sites for hydroxylation is 2. The number of ether oxygens (including phenoxy) is 1. The summed E-state index contributed by atoms with van der Waals surface area (Å²) in [5.41, 5.74) is 3.07. The number of aromatic nitrogens is 1. The van der Waals surface area contributed by atoms with Gasteiger partial charge in [-0.15, -0.1) is 0 Å². The molecule has 0 saturated carbocycles. The number of nitrogens with zero attached hydrogens (tertiary/aromatic N) is 1. The van der Waals surface area contributed by atoms with Crippen molar-refractivity contribution in [2.45, 2.75) is 13.8 Å². The summed E-state index contributed by atoms with van der Waals surface area (Å²) in [5, 5.41) is 11.8. The number of carbonyl (C=O) groups excluding carboxylic acids is 1. The molecule has 0 aliphatic carbocycles. The average molecular weight is 387 g/mol. The van der Waals surface area contributed by atoms with E-state index in [1.807, 2.05) is 6.07 Å². The molecule has 0 radical (unpaired) electrons. The Hall–Kier alpha value is -3.73. The lowest BCUT2D eigenvalue weighted by atomic mass is 9.93. The molecule has 0 aliphatic rings. The van der Waals surface area contributed by atoms with Crippen molar-refractivity contribution in [3.05, 3.63) is 89.5 Å². The number of fused-ring (bicyclic) bond motifs is 1. The summed E-state index contributed by atoms with van der Waals surface area (Å²) in [6.45, 7) is 3.59. The van der Waals surface area contributed by atoms with Crippen LogP contribution in [0, 0.1) is 19.7 Å². The Labute approximate surface area is 167 Å². The van der Waals surface area contributed by atoms with Gasteiger partial charge in [0, 0.05) is 17.8 Å². The normalized spacial score (nSPS) is 10.9. The van der Waals surface area contributed by atoms with Crippen LogP contribution in [0.4, 0.5) is 4.39 Å². The average Bonchev–Trinajstić information content (AvgIpc) is 2.72. The highest BCUT2D eigenvalue weighted by Gasteiger charge is 2.19. The molecule has 4 rings (SSSR count). The number of para-hydroxylation sites is 1. The van der Waals surface area contributed by atoms with Crippen LogP contribution in [-0.2, 0) is 0 Å². The lowest BCUT2D eigenvalue weighted by molar-refractivity contribution is 0.0729. The molecule has 3 aromatic carbocycles. The smallest absolute Gasteiger partial charge is 0.344 e. The van der Waals surface area contributed by atoms with Crippen molar-refractivity contribution in [1.82, 2.24) is 4.98 Å². The van der Waals surface area contributed by atoms with Crippen LogP contribution in [0.15, 0.2) is 67.0 Å². The van der Waals surface area contributed by atoms with Crippen LogP contribution in [0.5, 0.6) is 11.5 Å². The summed E-state index contributed by atoms with van der Waals surface area (Å²) in [7, 11) is 0. The van der Waals surface area contributed by atoms with Gasteiger partial charge in [0.25, 0.3) is 0 Å². The molecule has 1 aromatic heterocycles. The van der Waals surface area contributed by atoms with Crippen molar-refractivity contribution in [2.24, 2.45) is 0 Å². The number of phenolic OH excluding ortho intramolecular Hbond substituents is 1. The van der Waals surface area contributed by atoms with Gasteiger partial charge in [-0.25, -0.2) is 9.18 Å². The van der Waals surface area contributed by atoms with E-state index in [9.17, 15) is 14.3 Å². The number of esters is 1. The quantitative estimate of drug-likeness (QED) is 0.368. The van der Waals surface area contributed by atoms with Crippen molar-refractivity contribution >= 4 is 16.7 Å². The Morgan fingerprint density at radius 1 is 1.00 bits per heavy atom. The molecule has 1 heterocycles. The first-order valence-electron chi connectivity index (χ1n) is 9.09. The summed E-state index contributed by atoms with van der Waals surface area (Å²) in [6.07, 6.45) is 3.35. The minimum absolute atomic E-state index is 0.128. The number of hydrogen-bond donors (Lipinski definition) is 1. The van der Waals surface area contributed by atoms with E-state index in [2.05, 4.69) is 4.98 Å². The lowest BCUT2D eigenvalue weighted by Gasteiger charge is -2.14. The molecule has 4 nitrogen and oxygen atoms in total. The molecule has 0 unspecified atom stereocenters. The van der Waals surface area contributed by atoms with E-state index in [-0.39, 0.29) is 11.5 Å². The third-order valence-electron chi connectivity index (χ3n) is 4.84. The van der Waals surface area contributed by atoms with Gasteiger partial charge in [-0.2, -0.15) is 0 Å². The Balaban J connectivity index is 1.89. The van der Waals surface area contributed by atoms with Gasteiger partial charge in [0.2, 0.25) is 0 Å². The zero-order valence-corrected chi connectivity index (χ0v) is 15.9. The number of phenols is 1. The summed E-state index contributed by atoms with van der Waals surface area (Å²) in [6, 6.07) is 14.8. The van der Waals surface area contributed by atoms with Crippen LogP contribution in [0.1, 0.15) is 21.5 Å². The second-order valence-corrected chi connectivity index (χ2v) is 6.90. The summed E-state index contributed by atoms with van der Waals surface area (Å²) in [5.74, 6) is -1.18. The molecule has 0 aliphatic heterocycles. The maximum atomic E-state index is 14.0. The molecule has 1 N–H and O–H groups in total.